The van der Waals surface area contributed by atoms with Crippen molar-refractivity contribution in [3.63, 3.8) is 0 Å². The van der Waals surface area contributed by atoms with Crippen LogP contribution >= 0.6 is 11.3 Å². The molecule has 1 N–H and O–H groups in total. The number of hydrogen-bond donors (Lipinski definition) is 1. The zero-order valence-corrected chi connectivity index (χ0v) is 10.4. The van der Waals surface area contributed by atoms with Crippen molar-refractivity contribution in [2.75, 3.05) is 20.1 Å². The van der Waals surface area contributed by atoms with Crippen LogP contribution in [0.4, 0.5) is 0 Å². The first-order chi connectivity index (χ1) is 7.18. The summed E-state index contributed by atoms with van der Waals surface area (Å²) in [6.07, 6.45) is 2.63. The molecule has 3 heteroatoms. The monoisotopic (exact) mass is 224 g/mol. The van der Waals surface area contributed by atoms with Crippen LogP contribution in [-0.2, 0) is 6.54 Å². The Morgan fingerprint density at radius 3 is 3.07 bits per heavy atom. The van der Waals surface area contributed by atoms with E-state index in [1.54, 1.807) is 11.3 Å². The Hall–Kier alpha value is -0.380. The van der Waals surface area contributed by atoms with E-state index in [0.717, 1.165) is 13.1 Å². The van der Waals surface area contributed by atoms with Gasteiger partial charge in [0.05, 0.1) is 0 Å². The van der Waals surface area contributed by atoms with E-state index < -0.39 is 0 Å². The van der Waals surface area contributed by atoms with Crippen molar-refractivity contribution < 1.29 is 0 Å². The molecule has 2 heterocycles. The molecule has 1 fully saturated rings. The lowest BCUT2D eigenvalue weighted by Gasteiger charge is -2.30. The highest BCUT2D eigenvalue weighted by Crippen LogP contribution is 2.20. The molecule has 2 nitrogen and oxygen atoms in total. The van der Waals surface area contributed by atoms with Gasteiger partial charge in [-0.2, -0.15) is 11.3 Å². The van der Waals surface area contributed by atoms with Gasteiger partial charge in [-0.25, -0.2) is 0 Å². The summed E-state index contributed by atoms with van der Waals surface area (Å²) in [5.74, 6) is 0. The maximum absolute atomic E-state index is 3.60. The molecule has 15 heavy (non-hydrogen) atoms. The van der Waals surface area contributed by atoms with Gasteiger partial charge in [0, 0.05) is 18.6 Å². The van der Waals surface area contributed by atoms with Crippen LogP contribution in [0.5, 0.6) is 0 Å². The minimum atomic E-state index is 0.338. The van der Waals surface area contributed by atoms with Crippen LogP contribution < -0.4 is 5.32 Å². The van der Waals surface area contributed by atoms with Crippen LogP contribution in [0.3, 0.4) is 0 Å². The fourth-order valence-electron chi connectivity index (χ4n) is 2.44. The van der Waals surface area contributed by atoms with Crippen molar-refractivity contribution in [3.05, 3.63) is 22.4 Å². The molecule has 0 spiro atoms. The topological polar surface area (TPSA) is 15.3 Å². The van der Waals surface area contributed by atoms with E-state index in [1.165, 1.54) is 24.9 Å². The molecular formula is C12H20N2S. The Morgan fingerprint density at radius 2 is 2.47 bits per heavy atom. The summed E-state index contributed by atoms with van der Waals surface area (Å²) in [5, 5.41) is 7.99. The number of likely N-dealkylation sites (N-methyl/N-ethyl adjacent to an activating group) is 1. The van der Waals surface area contributed by atoms with Crippen LogP contribution in [0.25, 0.3) is 0 Å². The average molecular weight is 224 g/mol. The first-order valence-corrected chi connectivity index (χ1v) is 6.57. The minimum absolute atomic E-state index is 0.338. The van der Waals surface area contributed by atoms with Crippen LogP contribution in [0.2, 0.25) is 0 Å². The predicted molar refractivity (Wildman–Crippen MR) is 66.3 cm³/mol. The van der Waals surface area contributed by atoms with Gasteiger partial charge in [0.15, 0.2) is 0 Å². The highest BCUT2D eigenvalue weighted by molar-refractivity contribution is 7.07. The summed E-state index contributed by atoms with van der Waals surface area (Å²) in [7, 11) is 2.21. The Kier molecular flexibility index (Phi) is 3.44. The van der Waals surface area contributed by atoms with E-state index in [1.807, 2.05) is 0 Å². The molecule has 0 aliphatic carbocycles. The zero-order valence-electron chi connectivity index (χ0n) is 9.62. The molecule has 1 aromatic rings. The molecule has 2 rings (SSSR count). The van der Waals surface area contributed by atoms with Crippen molar-refractivity contribution in [2.24, 2.45) is 0 Å². The number of hydrogen-bond acceptors (Lipinski definition) is 3. The molecule has 0 amide bonds. The van der Waals surface area contributed by atoms with Crippen molar-refractivity contribution in [1.82, 2.24) is 10.2 Å². The number of rotatable bonds is 4. The molecule has 1 unspecified atom stereocenters. The second kappa shape index (κ2) is 4.64. The van der Waals surface area contributed by atoms with Crippen LogP contribution in [-0.4, -0.2) is 30.6 Å². The molecule has 1 aliphatic rings. The molecular weight excluding hydrogens is 204 g/mol. The first kappa shape index (κ1) is 11.1. The van der Waals surface area contributed by atoms with E-state index in [9.17, 15) is 0 Å². The summed E-state index contributed by atoms with van der Waals surface area (Å²) in [5.41, 5.74) is 1.77. The van der Waals surface area contributed by atoms with Crippen LogP contribution in [0, 0.1) is 0 Å². The summed E-state index contributed by atoms with van der Waals surface area (Å²) < 4.78 is 0. The Morgan fingerprint density at radius 1 is 1.60 bits per heavy atom. The van der Waals surface area contributed by atoms with E-state index in [-0.39, 0.29) is 0 Å². The quantitative estimate of drug-likeness (QED) is 0.844. The van der Waals surface area contributed by atoms with Gasteiger partial charge in [0.2, 0.25) is 0 Å². The van der Waals surface area contributed by atoms with E-state index in [0.29, 0.717) is 5.54 Å². The van der Waals surface area contributed by atoms with Crippen LogP contribution in [0.15, 0.2) is 16.8 Å². The Balaban J connectivity index is 1.84. The van der Waals surface area contributed by atoms with E-state index in [4.69, 9.17) is 0 Å². The third-order valence-electron chi connectivity index (χ3n) is 3.11. The molecule has 0 saturated carbocycles. The second-order valence-electron chi connectivity index (χ2n) is 4.89. The van der Waals surface area contributed by atoms with Gasteiger partial charge < -0.3 is 10.2 Å². The van der Waals surface area contributed by atoms with E-state index in [2.05, 4.69) is 41.0 Å². The SMILES string of the molecule is CN(Cc1ccsc1)CC1(C)CCCN1. The third kappa shape index (κ3) is 3.03. The summed E-state index contributed by atoms with van der Waals surface area (Å²) >= 11 is 1.78. The van der Waals surface area contributed by atoms with Crippen molar-refractivity contribution >= 4 is 11.3 Å². The Bertz CT molecular complexity index is 289. The molecule has 1 atom stereocenters. The van der Waals surface area contributed by atoms with Gasteiger partial charge in [-0.15, -0.1) is 0 Å². The van der Waals surface area contributed by atoms with Gasteiger partial charge in [0.1, 0.15) is 0 Å². The normalized spacial score (nSPS) is 26.3. The second-order valence-corrected chi connectivity index (χ2v) is 5.67. The first-order valence-electron chi connectivity index (χ1n) is 5.63. The zero-order chi connectivity index (χ0) is 10.7. The van der Waals surface area contributed by atoms with Crippen molar-refractivity contribution in [3.8, 4) is 0 Å². The number of thiophene rings is 1. The molecule has 0 radical (unpaired) electrons. The number of nitrogens with zero attached hydrogens (tertiary/aromatic N) is 1. The predicted octanol–water partition coefficient (Wildman–Crippen LogP) is 2.32. The molecule has 1 aromatic heterocycles. The maximum Gasteiger partial charge on any atom is 0.0280 e. The largest absolute Gasteiger partial charge is 0.310 e. The molecule has 0 aromatic carbocycles. The standard InChI is InChI=1S/C12H20N2S/c1-12(5-3-6-13-12)10-14(2)8-11-4-7-15-9-11/h4,7,9,13H,3,5-6,8,10H2,1-2H3. The highest BCUT2D eigenvalue weighted by Gasteiger charge is 2.28. The minimum Gasteiger partial charge on any atom is -0.310 e. The average Bonchev–Trinajstić information content (AvgIpc) is 2.76. The molecule has 84 valence electrons. The lowest BCUT2D eigenvalue weighted by molar-refractivity contribution is 0.234. The summed E-state index contributed by atoms with van der Waals surface area (Å²) in [6, 6.07) is 2.21. The molecule has 1 aliphatic heterocycles. The van der Waals surface area contributed by atoms with Crippen molar-refractivity contribution in [2.45, 2.75) is 31.8 Å². The van der Waals surface area contributed by atoms with Gasteiger partial charge >= 0.3 is 0 Å². The van der Waals surface area contributed by atoms with Gasteiger partial charge in [-0.1, -0.05) is 0 Å². The lowest BCUT2D eigenvalue weighted by Crippen LogP contribution is -2.46. The van der Waals surface area contributed by atoms with Gasteiger partial charge in [-0.3, -0.25) is 0 Å². The smallest absolute Gasteiger partial charge is 0.0280 e. The fraction of sp³-hybridized carbons (Fsp3) is 0.667. The third-order valence-corrected chi connectivity index (χ3v) is 3.84. The summed E-state index contributed by atoms with van der Waals surface area (Å²) in [4.78, 5) is 2.42. The Labute approximate surface area is 96.3 Å². The summed E-state index contributed by atoms with van der Waals surface area (Å²) in [6.45, 7) is 5.73. The van der Waals surface area contributed by atoms with Crippen molar-refractivity contribution in [1.29, 1.82) is 0 Å². The van der Waals surface area contributed by atoms with E-state index >= 15 is 0 Å². The molecule has 1 saturated heterocycles. The number of nitrogens with one attached hydrogen (secondary N) is 1. The van der Waals surface area contributed by atoms with Gasteiger partial charge in [0.25, 0.3) is 0 Å². The molecule has 0 bridgehead atoms. The fourth-order valence-corrected chi connectivity index (χ4v) is 3.10. The lowest BCUT2D eigenvalue weighted by atomic mass is 10.00. The highest BCUT2D eigenvalue weighted by atomic mass is 32.1. The van der Waals surface area contributed by atoms with Crippen LogP contribution in [0.1, 0.15) is 25.3 Å². The maximum atomic E-state index is 3.60. The van der Waals surface area contributed by atoms with Gasteiger partial charge in [-0.05, 0) is 55.7 Å².